The largest absolute Gasteiger partial charge is 0.338 e. The van der Waals surface area contributed by atoms with Crippen molar-refractivity contribution in [3.8, 4) is 9.88 Å². The molecule has 2 aromatic heterocycles. The van der Waals surface area contributed by atoms with Gasteiger partial charge in [0.25, 0.3) is 5.91 Å². The number of hydrogen-bond donors (Lipinski definition) is 1. The average molecular weight is 321 g/mol. The molecule has 0 saturated carbocycles. The van der Waals surface area contributed by atoms with Gasteiger partial charge in [-0.15, -0.1) is 22.7 Å². The predicted octanol–water partition coefficient (Wildman–Crippen LogP) is 2.99. The highest BCUT2D eigenvalue weighted by atomic mass is 32.1. The molecule has 21 heavy (non-hydrogen) atoms. The number of thiazole rings is 1. The van der Waals surface area contributed by atoms with Crippen LogP contribution in [0.4, 0.5) is 0 Å². The third-order valence-electron chi connectivity index (χ3n) is 3.96. The summed E-state index contributed by atoms with van der Waals surface area (Å²) in [5.41, 5.74) is 6.55. The van der Waals surface area contributed by atoms with Crippen molar-refractivity contribution >= 4 is 28.6 Å². The average Bonchev–Trinajstić information content (AvgIpc) is 3.16. The molecule has 1 aliphatic heterocycles. The zero-order valence-corrected chi connectivity index (χ0v) is 13.7. The van der Waals surface area contributed by atoms with Gasteiger partial charge in [0.15, 0.2) is 0 Å². The Morgan fingerprint density at radius 2 is 2.24 bits per heavy atom. The molecule has 6 heteroatoms. The maximum Gasteiger partial charge on any atom is 0.265 e. The first-order chi connectivity index (χ1) is 10.2. The second kappa shape index (κ2) is 6.25. The van der Waals surface area contributed by atoms with Crippen LogP contribution in [0.15, 0.2) is 17.5 Å². The van der Waals surface area contributed by atoms with E-state index in [1.807, 2.05) is 29.3 Å². The quantitative estimate of drug-likeness (QED) is 0.945. The molecule has 0 atom stereocenters. The maximum atomic E-state index is 12.7. The minimum atomic E-state index is 0.128. The third kappa shape index (κ3) is 3.02. The summed E-state index contributed by atoms with van der Waals surface area (Å²) in [5, 5.41) is 2.98. The van der Waals surface area contributed by atoms with Crippen LogP contribution in [0.1, 0.15) is 28.2 Å². The van der Waals surface area contributed by atoms with E-state index in [1.54, 1.807) is 11.3 Å². The van der Waals surface area contributed by atoms with Crippen molar-refractivity contribution in [3.05, 3.63) is 28.1 Å². The molecule has 1 aliphatic rings. The Bertz CT molecular complexity index is 613. The lowest BCUT2D eigenvalue weighted by atomic mass is 9.97. The lowest BCUT2D eigenvalue weighted by molar-refractivity contribution is 0.0697. The molecule has 0 aromatic carbocycles. The minimum absolute atomic E-state index is 0.128. The summed E-state index contributed by atoms with van der Waals surface area (Å²) >= 11 is 3.17. The van der Waals surface area contributed by atoms with E-state index < -0.39 is 0 Å². The maximum absolute atomic E-state index is 12.7. The van der Waals surface area contributed by atoms with Gasteiger partial charge in [-0.2, -0.15) is 0 Å². The summed E-state index contributed by atoms with van der Waals surface area (Å²) in [6.07, 6.45) is 2.02. The van der Waals surface area contributed by atoms with E-state index >= 15 is 0 Å². The van der Waals surface area contributed by atoms with Crippen LogP contribution in [0, 0.1) is 12.8 Å². The van der Waals surface area contributed by atoms with Gasteiger partial charge in [-0.25, -0.2) is 4.98 Å². The molecule has 3 rings (SSSR count). The van der Waals surface area contributed by atoms with Crippen LogP contribution in [0.5, 0.6) is 0 Å². The summed E-state index contributed by atoms with van der Waals surface area (Å²) in [4.78, 5) is 21.1. The number of aromatic nitrogens is 1. The first-order valence-electron chi connectivity index (χ1n) is 7.19. The molecule has 1 saturated heterocycles. The monoisotopic (exact) mass is 321 g/mol. The first kappa shape index (κ1) is 14.7. The number of thiophene rings is 1. The van der Waals surface area contributed by atoms with Crippen LogP contribution in [-0.4, -0.2) is 35.4 Å². The number of nitrogens with zero attached hydrogens (tertiary/aromatic N) is 2. The highest BCUT2D eigenvalue weighted by molar-refractivity contribution is 7.22. The predicted molar refractivity (Wildman–Crippen MR) is 87.8 cm³/mol. The molecule has 0 aliphatic carbocycles. The lowest BCUT2D eigenvalue weighted by Crippen LogP contribution is -2.40. The Balaban J connectivity index is 1.76. The molecule has 0 bridgehead atoms. The van der Waals surface area contributed by atoms with Gasteiger partial charge in [0.1, 0.15) is 9.88 Å². The number of carbonyl (C=O) groups excluding carboxylic acids is 1. The first-order valence-corrected chi connectivity index (χ1v) is 8.89. The number of piperidine rings is 1. The molecular weight excluding hydrogens is 302 g/mol. The Kier molecular flexibility index (Phi) is 4.37. The topological polar surface area (TPSA) is 59.2 Å². The van der Waals surface area contributed by atoms with Crippen molar-refractivity contribution in [2.75, 3.05) is 19.6 Å². The molecule has 2 aromatic rings. The van der Waals surface area contributed by atoms with Gasteiger partial charge >= 0.3 is 0 Å². The van der Waals surface area contributed by atoms with E-state index in [-0.39, 0.29) is 5.91 Å². The summed E-state index contributed by atoms with van der Waals surface area (Å²) in [6.45, 7) is 4.27. The van der Waals surface area contributed by atoms with E-state index in [2.05, 4.69) is 4.98 Å². The van der Waals surface area contributed by atoms with Crippen molar-refractivity contribution in [2.24, 2.45) is 11.7 Å². The van der Waals surface area contributed by atoms with E-state index in [0.29, 0.717) is 5.92 Å². The van der Waals surface area contributed by atoms with E-state index in [4.69, 9.17) is 5.73 Å². The van der Waals surface area contributed by atoms with Crippen molar-refractivity contribution in [1.29, 1.82) is 0 Å². The lowest BCUT2D eigenvalue weighted by Gasteiger charge is -2.31. The van der Waals surface area contributed by atoms with Crippen molar-refractivity contribution < 1.29 is 4.79 Å². The third-order valence-corrected chi connectivity index (χ3v) is 6.14. The minimum Gasteiger partial charge on any atom is -0.338 e. The second-order valence-corrected chi connectivity index (χ2v) is 7.33. The van der Waals surface area contributed by atoms with Gasteiger partial charge < -0.3 is 10.6 Å². The number of carbonyl (C=O) groups is 1. The number of nitrogens with two attached hydrogens (primary N) is 1. The van der Waals surface area contributed by atoms with Crippen LogP contribution >= 0.6 is 22.7 Å². The molecule has 2 N–H and O–H groups in total. The van der Waals surface area contributed by atoms with Crippen LogP contribution in [0.25, 0.3) is 9.88 Å². The molecule has 3 heterocycles. The summed E-state index contributed by atoms with van der Waals surface area (Å²) in [6, 6.07) is 4.06. The number of hydrogen-bond acceptors (Lipinski definition) is 5. The SMILES string of the molecule is Cc1nc(-c2cccs2)sc1C(=O)N1CCC(CN)CC1. The fraction of sp³-hybridized carbons (Fsp3) is 0.467. The summed E-state index contributed by atoms with van der Waals surface area (Å²) in [7, 11) is 0. The Morgan fingerprint density at radius 1 is 1.48 bits per heavy atom. The molecule has 0 spiro atoms. The molecule has 4 nitrogen and oxygen atoms in total. The smallest absolute Gasteiger partial charge is 0.265 e. The van der Waals surface area contributed by atoms with E-state index in [0.717, 1.165) is 52.9 Å². The fourth-order valence-electron chi connectivity index (χ4n) is 2.62. The number of amides is 1. The number of likely N-dealkylation sites (tertiary alicyclic amines) is 1. The number of rotatable bonds is 3. The highest BCUT2D eigenvalue weighted by Crippen LogP contribution is 2.32. The number of aryl methyl sites for hydroxylation is 1. The Labute approximate surface area is 132 Å². The van der Waals surface area contributed by atoms with Crippen LogP contribution in [0.2, 0.25) is 0 Å². The van der Waals surface area contributed by atoms with Gasteiger partial charge in [0.2, 0.25) is 0 Å². The van der Waals surface area contributed by atoms with Gasteiger partial charge in [-0.05, 0) is 43.7 Å². The molecule has 0 radical (unpaired) electrons. The van der Waals surface area contributed by atoms with Gasteiger partial charge in [-0.3, -0.25) is 4.79 Å². The summed E-state index contributed by atoms with van der Waals surface area (Å²) < 4.78 is 0. The van der Waals surface area contributed by atoms with Crippen molar-refractivity contribution in [2.45, 2.75) is 19.8 Å². The molecular formula is C15H19N3OS2. The fourth-order valence-corrected chi connectivity index (χ4v) is 4.45. The van der Waals surface area contributed by atoms with Gasteiger partial charge in [0, 0.05) is 13.1 Å². The zero-order valence-electron chi connectivity index (χ0n) is 12.0. The highest BCUT2D eigenvalue weighted by Gasteiger charge is 2.26. The van der Waals surface area contributed by atoms with E-state index in [9.17, 15) is 4.79 Å². The molecule has 112 valence electrons. The molecule has 1 amide bonds. The molecule has 0 unspecified atom stereocenters. The Morgan fingerprint density at radius 3 is 2.86 bits per heavy atom. The molecule has 1 fully saturated rings. The second-order valence-electron chi connectivity index (χ2n) is 5.38. The van der Waals surface area contributed by atoms with Crippen LogP contribution in [-0.2, 0) is 0 Å². The van der Waals surface area contributed by atoms with E-state index in [1.165, 1.54) is 11.3 Å². The zero-order chi connectivity index (χ0) is 14.8. The standard InChI is InChI=1S/C15H19N3OS2/c1-10-13(21-14(17-10)12-3-2-8-20-12)15(19)18-6-4-11(9-16)5-7-18/h2-3,8,11H,4-7,9,16H2,1H3. The van der Waals surface area contributed by atoms with Gasteiger partial charge in [-0.1, -0.05) is 6.07 Å². The van der Waals surface area contributed by atoms with Crippen LogP contribution in [0.3, 0.4) is 0 Å². The van der Waals surface area contributed by atoms with Gasteiger partial charge in [0.05, 0.1) is 10.6 Å². The van der Waals surface area contributed by atoms with Crippen molar-refractivity contribution in [3.63, 3.8) is 0 Å². The van der Waals surface area contributed by atoms with Crippen LogP contribution < -0.4 is 5.73 Å². The normalized spacial score (nSPS) is 16.4. The Hall–Kier alpha value is -1.24. The van der Waals surface area contributed by atoms with Crippen molar-refractivity contribution in [1.82, 2.24) is 9.88 Å². The summed E-state index contributed by atoms with van der Waals surface area (Å²) in [5.74, 6) is 0.696.